The van der Waals surface area contributed by atoms with Gasteiger partial charge in [0.2, 0.25) is 5.91 Å². The molecule has 35 heavy (non-hydrogen) atoms. The summed E-state index contributed by atoms with van der Waals surface area (Å²) in [5, 5.41) is 0. The number of fused-ring (bicyclic) bond motifs is 1. The molecule has 3 amide bonds. The van der Waals surface area contributed by atoms with E-state index in [0.717, 1.165) is 16.7 Å². The van der Waals surface area contributed by atoms with E-state index in [-0.39, 0.29) is 23.8 Å². The van der Waals surface area contributed by atoms with Gasteiger partial charge in [-0.3, -0.25) is 14.4 Å². The Bertz CT molecular complexity index is 1180. The van der Waals surface area contributed by atoms with Gasteiger partial charge < -0.3 is 19.4 Å². The number of carbonyl (C=O) groups excluding carboxylic acids is 3. The first-order chi connectivity index (χ1) is 16.8. The smallest absolute Gasteiger partial charge is 0.255 e. The number of morpholine rings is 1. The summed E-state index contributed by atoms with van der Waals surface area (Å²) >= 11 is 0. The van der Waals surface area contributed by atoms with Crippen LogP contribution in [0.3, 0.4) is 0 Å². The topological polar surface area (TPSA) is 70.2 Å². The Morgan fingerprint density at radius 2 is 1.66 bits per heavy atom. The van der Waals surface area contributed by atoms with Crippen LogP contribution in [0.4, 0.5) is 0 Å². The van der Waals surface area contributed by atoms with Gasteiger partial charge in [0.05, 0.1) is 24.7 Å². The Kier molecular flexibility index (Phi) is 5.91. The highest BCUT2D eigenvalue weighted by Gasteiger charge is 2.62. The van der Waals surface area contributed by atoms with E-state index in [1.54, 1.807) is 4.90 Å². The molecule has 2 saturated heterocycles. The van der Waals surface area contributed by atoms with Gasteiger partial charge in [-0.15, -0.1) is 0 Å². The molecule has 5 rings (SSSR count). The zero-order chi connectivity index (χ0) is 24.9. The molecule has 3 heterocycles. The molecule has 0 saturated carbocycles. The zero-order valence-corrected chi connectivity index (χ0v) is 20.9. The largest absolute Gasteiger partial charge is 0.378 e. The maximum Gasteiger partial charge on any atom is 0.255 e. The molecule has 2 fully saturated rings. The third-order valence-corrected chi connectivity index (χ3v) is 7.88. The number of carbonyl (C=O) groups is 3. The van der Waals surface area contributed by atoms with Crippen molar-refractivity contribution in [2.24, 2.45) is 0 Å². The van der Waals surface area contributed by atoms with Crippen molar-refractivity contribution in [1.29, 1.82) is 0 Å². The van der Waals surface area contributed by atoms with Gasteiger partial charge in [-0.1, -0.05) is 30.3 Å². The minimum absolute atomic E-state index is 0.0118. The fraction of sp³-hybridized carbons (Fsp3) is 0.464. The van der Waals surface area contributed by atoms with Crippen molar-refractivity contribution in [2.45, 2.75) is 45.2 Å². The molecular weight excluding hydrogens is 442 g/mol. The molecule has 7 nitrogen and oxygen atoms in total. The molecule has 0 N–H and O–H groups in total. The number of nitrogens with zero attached hydrogens (tertiary/aromatic N) is 3. The molecule has 2 aromatic rings. The predicted molar refractivity (Wildman–Crippen MR) is 132 cm³/mol. The van der Waals surface area contributed by atoms with Gasteiger partial charge in [-0.2, -0.15) is 0 Å². The second kappa shape index (κ2) is 8.79. The second-order valence-corrected chi connectivity index (χ2v) is 10.2. The third-order valence-electron chi connectivity index (χ3n) is 7.88. The quantitative estimate of drug-likeness (QED) is 0.684. The number of hydrogen-bond donors (Lipinski definition) is 0. The first-order valence-corrected chi connectivity index (χ1v) is 12.4. The van der Waals surface area contributed by atoms with E-state index < -0.39 is 11.5 Å². The van der Waals surface area contributed by atoms with Crippen molar-refractivity contribution in [3.05, 3.63) is 70.3 Å². The van der Waals surface area contributed by atoms with E-state index in [0.29, 0.717) is 50.5 Å². The monoisotopic (exact) mass is 475 g/mol. The van der Waals surface area contributed by atoms with Crippen LogP contribution in [0, 0.1) is 13.8 Å². The molecule has 2 aromatic carbocycles. The molecule has 0 aromatic heterocycles. The third kappa shape index (κ3) is 3.64. The number of ether oxygens (including phenoxy) is 1. The number of aryl methyl sites for hydroxylation is 1. The van der Waals surface area contributed by atoms with Crippen molar-refractivity contribution in [1.82, 2.24) is 14.7 Å². The van der Waals surface area contributed by atoms with Gasteiger partial charge in [-0.25, -0.2) is 0 Å². The Morgan fingerprint density at radius 1 is 0.971 bits per heavy atom. The van der Waals surface area contributed by atoms with Crippen molar-refractivity contribution >= 4 is 17.7 Å². The van der Waals surface area contributed by atoms with Gasteiger partial charge >= 0.3 is 0 Å². The van der Waals surface area contributed by atoms with E-state index in [1.807, 2.05) is 80.0 Å². The molecule has 1 atom stereocenters. The lowest BCUT2D eigenvalue weighted by Gasteiger charge is -2.62. The summed E-state index contributed by atoms with van der Waals surface area (Å²) in [6.45, 7) is 10.7. The average molecular weight is 476 g/mol. The van der Waals surface area contributed by atoms with Crippen LogP contribution < -0.4 is 0 Å². The second-order valence-electron chi connectivity index (χ2n) is 10.2. The van der Waals surface area contributed by atoms with Gasteiger partial charge in [0.15, 0.2) is 0 Å². The van der Waals surface area contributed by atoms with Gasteiger partial charge in [0.25, 0.3) is 11.8 Å². The maximum atomic E-state index is 14.1. The lowest BCUT2D eigenvalue weighted by molar-refractivity contribution is -0.146. The Balaban J connectivity index is 1.56. The van der Waals surface area contributed by atoms with Crippen LogP contribution in [-0.4, -0.2) is 83.4 Å². The summed E-state index contributed by atoms with van der Waals surface area (Å²) in [5.74, 6) is -0.637. The first kappa shape index (κ1) is 23.5. The van der Waals surface area contributed by atoms with E-state index >= 15 is 0 Å². The molecule has 3 aliphatic heterocycles. The molecule has 0 bridgehead atoms. The molecule has 0 radical (unpaired) electrons. The molecule has 1 spiro atoms. The van der Waals surface area contributed by atoms with Crippen LogP contribution in [0.25, 0.3) is 0 Å². The van der Waals surface area contributed by atoms with E-state index in [1.165, 1.54) is 0 Å². The maximum absolute atomic E-state index is 14.1. The highest BCUT2D eigenvalue weighted by Crippen LogP contribution is 2.48. The molecule has 184 valence electrons. The summed E-state index contributed by atoms with van der Waals surface area (Å²) in [7, 11) is 0. The molecule has 1 unspecified atom stereocenters. The van der Waals surface area contributed by atoms with Crippen LogP contribution in [0.2, 0.25) is 0 Å². The van der Waals surface area contributed by atoms with Crippen LogP contribution in [0.15, 0.2) is 42.5 Å². The van der Waals surface area contributed by atoms with Crippen LogP contribution in [0.1, 0.15) is 57.2 Å². The normalized spacial score (nSPS) is 21.2. The fourth-order valence-corrected chi connectivity index (χ4v) is 6.03. The van der Waals surface area contributed by atoms with Crippen molar-refractivity contribution in [3.63, 3.8) is 0 Å². The summed E-state index contributed by atoms with van der Waals surface area (Å²) in [6, 6.07) is 13.1. The van der Waals surface area contributed by atoms with Gasteiger partial charge in [0, 0.05) is 43.3 Å². The fourth-order valence-electron chi connectivity index (χ4n) is 6.03. The van der Waals surface area contributed by atoms with Crippen molar-refractivity contribution < 1.29 is 19.1 Å². The summed E-state index contributed by atoms with van der Waals surface area (Å²) in [5.41, 5.74) is 3.28. The number of hydrogen-bond acceptors (Lipinski definition) is 4. The minimum Gasteiger partial charge on any atom is -0.378 e. The lowest BCUT2D eigenvalue weighted by Crippen LogP contribution is -2.78. The lowest BCUT2D eigenvalue weighted by atomic mass is 9.66. The zero-order valence-electron chi connectivity index (χ0n) is 20.9. The Labute approximate surface area is 206 Å². The molecular formula is C28H33N3O4. The minimum atomic E-state index is -0.775. The highest BCUT2D eigenvalue weighted by atomic mass is 16.5. The average Bonchev–Trinajstić information content (AvgIpc) is 2.83. The van der Waals surface area contributed by atoms with Crippen LogP contribution >= 0.6 is 0 Å². The highest BCUT2D eigenvalue weighted by molar-refractivity contribution is 6.03. The van der Waals surface area contributed by atoms with Crippen LogP contribution in [-0.2, 0) is 9.53 Å². The van der Waals surface area contributed by atoms with E-state index in [2.05, 4.69) is 0 Å². The molecule has 0 aliphatic carbocycles. The Hall–Kier alpha value is -3.19. The van der Waals surface area contributed by atoms with Crippen LogP contribution in [0.5, 0.6) is 0 Å². The van der Waals surface area contributed by atoms with Gasteiger partial charge in [-0.05, 0) is 56.5 Å². The standard InChI is InChI=1S/C28H33N3O4/c1-18(2)31-26(33)23-10-6-5-9-22(23)24(27(34)29-12-14-35-15-13-29)28(31)16-30(17-28)25(32)21-11-7-8-19(3)20(21)4/h5-11,18,24H,12-17H2,1-4H3. The predicted octanol–water partition coefficient (Wildman–Crippen LogP) is 3.00. The number of likely N-dealkylation sites (tertiary alicyclic amines) is 1. The summed E-state index contributed by atoms with van der Waals surface area (Å²) in [4.78, 5) is 46.8. The SMILES string of the molecule is Cc1cccc(C(=O)N2CC3(C2)C(C(=O)N2CCOCC2)c2ccccc2C(=O)N3C(C)C)c1C. The summed E-state index contributed by atoms with van der Waals surface area (Å²) < 4.78 is 5.48. The molecule has 7 heteroatoms. The Morgan fingerprint density at radius 3 is 2.34 bits per heavy atom. The van der Waals surface area contributed by atoms with Crippen molar-refractivity contribution in [2.75, 3.05) is 39.4 Å². The summed E-state index contributed by atoms with van der Waals surface area (Å²) in [6.07, 6.45) is 0. The van der Waals surface area contributed by atoms with Crippen molar-refractivity contribution in [3.8, 4) is 0 Å². The van der Waals surface area contributed by atoms with Gasteiger partial charge in [0.1, 0.15) is 0 Å². The first-order valence-electron chi connectivity index (χ1n) is 12.4. The van der Waals surface area contributed by atoms with E-state index in [9.17, 15) is 14.4 Å². The molecule has 3 aliphatic rings. The van der Waals surface area contributed by atoms with E-state index in [4.69, 9.17) is 4.74 Å². The number of amides is 3. The number of benzene rings is 2. The number of rotatable bonds is 3.